The number of hydrogen-bond acceptors (Lipinski definition) is 4. The minimum Gasteiger partial charge on any atom is -0.385 e. The Labute approximate surface area is 119 Å². The highest BCUT2D eigenvalue weighted by Gasteiger charge is 2.10. The van der Waals surface area contributed by atoms with Gasteiger partial charge in [-0.3, -0.25) is 9.97 Å². The molecule has 2 aromatic heterocycles. The van der Waals surface area contributed by atoms with Crippen LogP contribution in [0, 0.1) is 0 Å². The van der Waals surface area contributed by atoms with Crippen molar-refractivity contribution < 1.29 is 5.11 Å². The minimum absolute atomic E-state index is 0.329. The van der Waals surface area contributed by atoms with Crippen LogP contribution >= 0.6 is 0 Å². The van der Waals surface area contributed by atoms with Gasteiger partial charge in [0.15, 0.2) is 0 Å². The molecule has 2 atom stereocenters. The second-order valence-electron chi connectivity index (χ2n) is 4.94. The molecule has 0 spiro atoms. The largest absolute Gasteiger partial charge is 0.385 e. The SMILES string of the molecule is CC(CCc1ccccn1)NCC(O)c1ccccn1. The summed E-state index contributed by atoms with van der Waals surface area (Å²) >= 11 is 0. The van der Waals surface area contributed by atoms with Gasteiger partial charge in [-0.25, -0.2) is 0 Å². The molecule has 0 fully saturated rings. The first-order chi connectivity index (χ1) is 9.75. The molecule has 20 heavy (non-hydrogen) atoms. The van der Waals surface area contributed by atoms with E-state index in [9.17, 15) is 5.11 Å². The van der Waals surface area contributed by atoms with Gasteiger partial charge in [0.25, 0.3) is 0 Å². The molecule has 2 heterocycles. The third-order valence-electron chi connectivity index (χ3n) is 3.25. The van der Waals surface area contributed by atoms with E-state index >= 15 is 0 Å². The predicted octanol–water partition coefficient (Wildman–Crippen LogP) is 2.12. The zero-order chi connectivity index (χ0) is 14.2. The van der Waals surface area contributed by atoms with Crippen molar-refractivity contribution in [2.24, 2.45) is 0 Å². The first-order valence-electron chi connectivity index (χ1n) is 6.98. The second-order valence-corrected chi connectivity index (χ2v) is 4.94. The number of aliphatic hydroxyl groups excluding tert-OH is 1. The molecular formula is C16H21N3O. The highest BCUT2D eigenvalue weighted by molar-refractivity contribution is 5.07. The van der Waals surface area contributed by atoms with Crippen LogP contribution in [0.1, 0.15) is 30.8 Å². The summed E-state index contributed by atoms with van der Waals surface area (Å²) in [4.78, 5) is 8.46. The number of rotatable bonds is 7. The Bertz CT molecular complexity index is 490. The lowest BCUT2D eigenvalue weighted by Crippen LogP contribution is -2.31. The number of hydrogen-bond donors (Lipinski definition) is 2. The standard InChI is InChI=1S/C16H21N3O/c1-13(8-9-14-6-2-4-10-17-14)19-12-16(20)15-7-3-5-11-18-15/h2-7,10-11,13,16,19-20H,8-9,12H2,1H3. The first-order valence-corrected chi connectivity index (χ1v) is 6.98. The molecule has 0 aliphatic rings. The molecule has 2 aromatic rings. The number of aromatic nitrogens is 2. The normalized spacial score (nSPS) is 13.9. The Morgan fingerprint density at radius 2 is 1.85 bits per heavy atom. The van der Waals surface area contributed by atoms with Crippen molar-refractivity contribution in [3.05, 3.63) is 60.2 Å². The summed E-state index contributed by atoms with van der Waals surface area (Å²) in [7, 11) is 0. The van der Waals surface area contributed by atoms with E-state index in [-0.39, 0.29) is 0 Å². The molecule has 0 amide bonds. The lowest BCUT2D eigenvalue weighted by molar-refractivity contribution is 0.165. The molecule has 2 N–H and O–H groups in total. The fraction of sp³-hybridized carbons (Fsp3) is 0.375. The summed E-state index contributed by atoms with van der Waals surface area (Å²) in [6, 6.07) is 11.9. The van der Waals surface area contributed by atoms with Gasteiger partial charge in [-0.2, -0.15) is 0 Å². The second kappa shape index (κ2) is 7.72. The highest BCUT2D eigenvalue weighted by Crippen LogP contribution is 2.08. The van der Waals surface area contributed by atoms with Gasteiger partial charge >= 0.3 is 0 Å². The van der Waals surface area contributed by atoms with Crippen molar-refractivity contribution in [1.82, 2.24) is 15.3 Å². The first kappa shape index (κ1) is 14.6. The summed E-state index contributed by atoms with van der Waals surface area (Å²) in [6.07, 6.45) is 4.88. The Morgan fingerprint density at radius 1 is 1.10 bits per heavy atom. The van der Waals surface area contributed by atoms with Crippen LogP contribution in [0.4, 0.5) is 0 Å². The van der Waals surface area contributed by atoms with Crippen LogP contribution < -0.4 is 5.32 Å². The van der Waals surface area contributed by atoms with Crippen LogP contribution in [-0.2, 0) is 6.42 Å². The monoisotopic (exact) mass is 271 g/mol. The smallest absolute Gasteiger partial charge is 0.108 e. The number of nitrogens with one attached hydrogen (secondary N) is 1. The number of aliphatic hydroxyl groups is 1. The van der Waals surface area contributed by atoms with Gasteiger partial charge in [0, 0.05) is 30.7 Å². The third-order valence-corrected chi connectivity index (χ3v) is 3.25. The van der Waals surface area contributed by atoms with Gasteiger partial charge in [0.05, 0.1) is 5.69 Å². The molecule has 0 saturated heterocycles. The van der Waals surface area contributed by atoms with Gasteiger partial charge < -0.3 is 10.4 Å². The summed E-state index contributed by atoms with van der Waals surface area (Å²) in [5.41, 5.74) is 1.81. The minimum atomic E-state index is -0.562. The van der Waals surface area contributed by atoms with Crippen molar-refractivity contribution in [2.45, 2.75) is 31.9 Å². The molecule has 0 bridgehead atoms. The maximum atomic E-state index is 10.0. The fourth-order valence-electron chi connectivity index (χ4n) is 2.00. The Morgan fingerprint density at radius 3 is 2.50 bits per heavy atom. The molecule has 0 aliphatic heterocycles. The summed E-state index contributed by atoms with van der Waals surface area (Å²) < 4.78 is 0. The predicted molar refractivity (Wildman–Crippen MR) is 79.2 cm³/mol. The molecular weight excluding hydrogens is 250 g/mol. The van der Waals surface area contributed by atoms with Crippen molar-refractivity contribution in [2.75, 3.05) is 6.54 Å². The van der Waals surface area contributed by atoms with Crippen molar-refractivity contribution in [1.29, 1.82) is 0 Å². The molecule has 2 rings (SSSR count). The maximum Gasteiger partial charge on any atom is 0.108 e. The van der Waals surface area contributed by atoms with Crippen LogP contribution in [-0.4, -0.2) is 27.7 Å². The van der Waals surface area contributed by atoms with E-state index < -0.39 is 6.10 Å². The van der Waals surface area contributed by atoms with E-state index in [0.29, 0.717) is 18.3 Å². The highest BCUT2D eigenvalue weighted by atomic mass is 16.3. The number of nitrogens with zero attached hydrogens (tertiary/aromatic N) is 2. The fourth-order valence-corrected chi connectivity index (χ4v) is 2.00. The van der Waals surface area contributed by atoms with Crippen molar-refractivity contribution in [3.63, 3.8) is 0 Å². The molecule has 0 aliphatic carbocycles. The topological polar surface area (TPSA) is 58.0 Å². The van der Waals surface area contributed by atoms with Gasteiger partial charge in [-0.15, -0.1) is 0 Å². The zero-order valence-corrected chi connectivity index (χ0v) is 11.7. The third kappa shape index (κ3) is 4.72. The summed E-state index contributed by atoms with van der Waals surface area (Å²) in [5.74, 6) is 0. The van der Waals surface area contributed by atoms with Crippen molar-refractivity contribution >= 4 is 0 Å². The molecule has 4 nitrogen and oxygen atoms in total. The van der Waals surface area contributed by atoms with Gasteiger partial charge in [0.2, 0.25) is 0 Å². The van der Waals surface area contributed by atoms with Crippen LogP contribution in [0.15, 0.2) is 48.8 Å². The van der Waals surface area contributed by atoms with E-state index in [2.05, 4.69) is 22.2 Å². The van der Waals surface area contributed by atoms with Crippen LogP contribution in [0.5, 0.6) is 0 Å². The van der Waals surface area contributed by atoms with E-state index in [4.69, 9.17) is 0 Å². The van der Waals surface area contributed by atoms with E-state index in [1.54, 1.807) is 6.20 Å². The van der Waals surface area contributed by atoms with E-state index in [1.165, 1.54) is 0 Å². The van der Waals surface area contributed by atoms with E-state index in [1.807, 2.05) is 42.6 Å². The maximum absolute atomic E-state index is 10.0. The number of pyridine rings is 2. The van der Waals surface area contributed by atoms with Gasteiger partial charge in [0.1, 0.15) is 6.10 Å². The number of aryl methyl sites for hydroxylation is 1. The summed E-state index contributed by atoms with van der Waals surface area (Å²) in [5, 5.41) is 13.4. The molecule has 0 radical (unpaired) electrons. The van der Waals surface area contributed by atoms with Crippen LogP contribution in [0.25, 0.3) is 0 Å². The lowest BCUT2D eigenvalue weighted by Gasteiger charge is -2.16. The van der Waals surface area contributed by atoms with Crippen molar-refractivity contribution in [3.8, 4) is 0 Å². The molecule has 4 heteroatoms. The van der Waals surface area contributed by atoms with E-state index in [0.717, 1.165) is 18.5 Å². The quantitative estimate of drug-likeness (QED) is 0.810. The molecule has 0 aromatic carbocycles. The zero-order valence-electron chi connectivity index (χ0n) is 11.7. The Balaban J connectivity index is 1.71. The molecule has 106 valence electrons. The summed E-state index contributed by atoms with van der Waals surface area (Å²) in [6.45, 7) is 2.63. The Kier molecular flexibility index (Phi) is 5.65. The molecule has 0 saturated carbocycles. The molecule has 2 unspecified atom stereocenters. The van der Waals surface area contributed by atoms with Gasteiger partial charge in [-0.1, -0.05) is 12.1 Å². The van der Waals surface area contributed by atoms with Crippen LogP contribution in [0.2, 0.25) is 0 Å². The average molecular weight is 271 g/mol. The van der Waals surface area contributed by atoms with Gasteiger partial charge in [-0.05, 0) is 44.0 Å². The lowest BCUT2D eigenvalue weighted by atomic mass is 10.1. The average Bonchev–Trinajstić information content (AvgIpc) is 2.52. The Hall–Kier alpha value is -1.78. The van der Waals surface area contributed by atoms with Crippen LogP contribution in [0.3, 0.4) is 0 Å².